The Bertz CT molecular complexity index is 533. The molecule has 5 nitrogen and oxygen atoms in total. The number of hydrogen-bond donors (Lipinski definition) is 3. The molecule has 0 radical (unpaired) electrons. The standard InChI is InChI=1S/C13H18N4O/c1-9(2)17-13(18)14-6-5-10-3-4-11-12(7-10)16-8-15-11/h3-4,7-9H,5-6H2,1-2H3,(H,15,16)(H2,14,17,18). The van der Waals surface area contributed by atoms with Gasteiger partial charge >= 0.3 is 6.03 Å². The Morgan fingerprint density at radius 1 is 1.44 bits per heavy atom. The first-order valence-electron chi connectivity index (χ1n) is 6.11. The number of benzene rings is 1. The second-order valence-corrected chi connectivity index (χ2v) is 4.56. The summed E-state index contributed by atoms with van der Waals surface area (Å²) in [6.07, 6.45) is 2.49. The fourth-order valence-electron chi connectivity index (χ4n) is 1.77. The molecule has 0 saturated carbocycles. The van der Waals surface area contributed by atoms with Crippen LogP contribution in [0.5, 0.6) is 0 Å². The molecule has 1 heterocycles. The van der Waals surface area contributed by atoms with E-state index in [9.17, 15) is 4.79 Å². The second kappa shape index (κ2) is 5.53. The normalized spacial score (nSPS) is 10.8. The van der Waals surface area contributed by atoms with E-state index < -0.39 is 0 Å². The van der Waals surface area contributed by atoms with Gasteiger partial charge in [0, 0.05) is 12.6 Å². The summed E-state index contributed by atoms with van der Waals surface area (Å²) in [5.41, 5.74) is 3.17. The van der Waals surface area contributed by atoms with Crippen LogP contribution in [0.4, 0.5) is 4.79 Å². The predicted molar refractivity (Wildman–Crippen MR) is 71.5 cm³/mol. The van der Waals surface area contributed by atoms with Gasteiger partial charge in [0.2, 0.25) is 0 Å². The lowest BCUT2D eigenvalue weighted by Crippen LogP contribution is -2.40. The maximum absolute atomic E-state index is 11.4. The van der Waals surface area contributed by atoms with Crippen molar-refractivity contribution >= 4 is 17.1 Å². The van der Waals surface area contributed by atoms with Gasteiger partial charge < -0.3 is 15.6 Å². The summed E-state index contributed by atoms with van der Waals surface area (Å²) in [4.78, 5) is 18.6. The molecule has 3 N–H and O–H groups in total. The lowest BCUT2D eigenvalue weighted by Gasteiger charge is -2.09. The maximum atomic E-state index is 11.4. The molecule has 1 aromatic carbocycles. The zero-order chi connectivity index (χ0) is 13.0. The van der Waals surface area contributed by atoms with Crippen molar-refractivity contribution < 1.29 is 4.79 Å². The first-order valence-corrected chi connectivity index (χ1v) is 6.11. The molecular formula is C13H18N4O. The topological polar surface area (TPSA) is 69.8 Å². The highest BCUT2D eigenvalue weighted by atomic mass is 16.2. The van der Waals surface area contributed by atoms with Gasteiger partial charge in [0.15, 0.2) is 0 Å². The SMILES string of the molecule is CC(C)NC(=O)NCCc1ccc2nc[nH]c2c1. The molecule has 2 amide bonds. The van der Waals surface area contributed by atoms with Crippen LogP contribution in [0.25, 0.3) is 11.0 Å². The minimum Gasteiger partial charge on any atom is -0.345 e. The summed E-state index contributed by atoms with van der Waals surface area (Å²) in [7, 11) is 0. The third-order valence-corrected chi connectivity index (χ3v) is 2.60. The maximum Gasteiger partial charge on any atom is 0.314 e. The average Bonchev–Trinajstić information content (AvgIpc) is 2.75. The lowest BCUT2D eigenvalue weighted by atomic mass is 10.1. The summed E-state index contributed by atoms with van der Waals surface area (Å²) in [5.74, 6) is 0. The van der Waals surface area contributed by atoms with Crippen molar-refractivity contribution in [2.75, 3.05) is 6.54 Å². The number of fused-ring (bicyclic) bond motifs is 1. The van der Waals surface area contributed by atoms with Gasteiger partial charge in [-0.05, 0) is 38.0 Å². The highest BCUT2D eigenvalue weighted by Gasteiger charge is 2.02. The molecular weight excluding hydrogens is 228 g/mol. The molecule has 18 heavy (non-hydrogen) atoms. The number of imidazole rings is 1. The van der Waals surface area contributed by atoms with E-state index in [-0.39, 0.29) is 12.1 Å². The number of hydrogen-bond acceptors (Lipinski definition) is 2. The Morgan fingerprint density at radius 2 is 2.28 bits per heavy atom. The first kappa shape index (κ1) is 12.4. The monoisotopic (exact) mass is 246 g/mol. The van der Waals surface area contributed by atoms with Crippen LogP contribution in [0.2, 0.25) is 0 Å². The van der Waals surface area contributed by atoms with Crippen molar-refractivity contribution in [1.29, 1.82) is 0 Å². The van der Waals surface area contributed by atoms with Crippen LogP contribution in [0.15, 0.2) is 24.5 Å². The summed E-state index contributed by atoms with van der Waals surface area (Å²) < 4.78 is 0. The fraction of sp³-hybridized carbons (Fsp3) is 0.385. The van der Waals surface area contributed by atoms with Gasteiger partial charge in [-0.15, -0.1) is 0 Å². The van der Waals surface area contributed by atoms with Gasteiger partial charge in [0.05, 0.1) is 17.4 Å². The van der Waals surface area contributed by atoms with Crippen molar-refractivity contribution in [1.82, 2.24) is 20.6 Å². The van der Waals surface area contributed by atoms with Crippen molar-refractivity contribution in [2.45, 2.75) is 26.3 Å². The quantitative estimate of drug-likeness (QED) is 0.770. The number of amides is 2. The number of carbonyl (C=O) groups excluding carboxylic acids is 1. The molecule has 2 aromatic rings. The number of aromatic nitrogens is 2. The van der Waals surface area contributed by atoms with E-state index in [1.165, 1.54) is 5.56 Å². The highest BCUT2D eigenvalue weighted by Crippen LogP contribution is 2.11. The Kier molecular flexibility index (Phi) is 3.82. The van der Waals surface area contributed by atoms with E-state index in [4.69, 9.17) is 0 Å². The summed E-state index contributed by atoms with van der Waals surface area (Å²) in [6, 6.07) is 6.12. The number of urea groups is 1. The van der Waals surface area contributed by atoms with Gasteiger partial charge in [-0.1, -0.05) is 6.07 Å². The van der Waals surface area contributed by atoms with Gasteiger partial charge in [-0.3, -0.25) is 0 Å². The van der Waals surface area contributed by atoms with Gasteiger partial charge in [-0.2, -0.15) is 0 Å². The Labute approximate surface area is 106 Å². The molecule has 0 unspecified atom stereocenters. The molecule has 1 aromatic heterocycles. The van der Waals surface area contributed by atoms with Crippen LogP contribution in [-0.4, -0.2) is 28.6 Å². The van der Waals surface area contributed by atoms with E-state index in [1.807, 2.05) is 26.0 Å². The van der Waals surface area contributed by atoms with E-state index in [0.717, 1.165) is 17.5 Å². The van der Waals surface area contributed by atoms with E-state index in [1.54, 1.807) is 6.33 Å². The number of nitrogens with zero attached hydrogens (tertiary/aromatic N) is 1. The van der Waals surface area contributed by atoms with Crippen LogP contribution in [0, 0.1) is 0 Å². The first-order chi connectivity index (χ1) is 8.65. The Morgan fingerprint density at radius 3 is 3.06 bits per heavy atom. The Hall–Kier alpha value is -2.04. The number of rotatable bonds is 4. The smallest absolute Gasteiger partial charge is 0.314 e. The molecule has 0 atom stereocenters. The van der Waals surface area contributed by atoms with Gasteiger partial charge in [0.25, 0.3) is 0 Å². The van der Waals surface area contributed by atoms with Crippen molar-refractivity contribution in [3.05, 3.63) is 30.1 Å². The number of nitrogens with one attached hydrogen (secondary N) is 3. The van der Waals surface area contributed by atoms with Crippen molar-refractivity contribution in [3.63, 3.8) is 0 Å². The van der Waals surface area contributed by atoms with Crippen LogP contribution in [-0.2, 0) is 6.42 Å². The molecule has 0 bridgehead atoms. The van der Waals surface area contributed by atoms with Crippen LogP contribution in [0.1, 0.15) is 19.4 Å². The number of H-pyrrole nitrogens is 1. The van der Waals surface area contributed by atoms with Gasteiger partial charge in [0.1, 0.15) is 0 Å². The molecule has 0 saturated heterocycles. The third kappa shape index (κ3) is 3.23. The van der Waals surface area contributed by atoms with E-state index >= 15 is 0 Å². The fourth-order valence-corrected chi connectivity index (χ4v) is 1.77. The lowest BCUT2D eigenvalue weighted by molar-refractivity contribution is 0.238. The molecule has 0 fully saturated rings. The number of aromatic amines is 1. The van der Waals surface area contributed by atoms with Crippen LogP contribution >= 0.6 is 0 Å². The largest absolute Gasteiger partial charge is 0.345 e. The summed E-state index contributed by atoms with van der Waals surface area (Å²) >= 11 is 0. The molecule has 0 spiro atoms. The van der Waals surface area contributed by atoms with Crippen LogP contribution < -0.4 is 10.6 Å². The summed E-state index contributed by atoms with van der Waals surface area (Å²) in [5, 5.41) is 5.62. The minimum atomic E-state index is -0.118. The molecule has 2 rings (SSSR count). The molecule has 96 valence electrons. The minimum absolute atomic E-state index is 0.118. The molecule has 5 heteroatoms. The molecule has 0 aliphatic rings. The van der Waals surface area contributed by atoms with Crippen molar-refractivity contribution in [2.24, 2.45) is 0 Å². The average molecular weight is 246 g/mol. The van der Waals surface area contributed by atoms with Crippen molar-refractivity contribution in [3.8, 4) is 0 Å². The molecule has 0 aliphatic carbocycles. The third-order valence-electron chi connectivity index (χ3n) is 2.60. The van der Waals surface area contributed by atoms with Crippen LogP contribution in [0.3, 0.4) is 0 Å². The summed E-state index contributed by atoms with van der Waals surface area (Å²) in [6.45, 7) is 4.50. The predicted octanol–water partition coefficient (Wildman–Crippen LogP) is 1.81. The van der Waals surface area contributed by atoms with Gasteiger partial charge in [-0.25, -0.2) is 9.78 Å². The zero-order valence-electron chi connectivity index (χ0n) is 10.7. The highest BCUT2D eigenvalue weighted by molar-refractivity contribution is 5.75. The Balaban J connectivity index is 1.84. The molecule has 0 aliphatic heterocycles. The zero-order valence-corrected chi connectivity index (χ0v) is 10.7. The van der Waals surface area contributed by atoms with E-state index in [0.29, 0.717) is 6.54 Å². The number of carbonyl (C=O) groups is 1. The second-order valence-electron chi connectivity index (χ2n) is 4.56. The van der Waals surface area contributed by atoms with E-state index in [2.05, 4.69) is 26.7 Å².